The lowest BCUT2D eigenvalue weighted by molar-refractivity contribution is 0.0234. The average molecular weight is 314 g/mol. The summed E-state index contributed by atoms with van der Waals surface area (Å²) in [7, 11) is -3.42. The maximum absolute atomic E-state index is 11.8. The van der Waals surface area contributed by atoms with Gasteiger partial charge in [0.15, 0.2) is 9.84 Å². The molecule has 0 aromatic carbocycles. The summed E-state index contributed by atoms with van der Waals surface area (Å²) in [5, 5.41) is 0.291. The molecule has 0 radical (unpaired) electrons. The van der Waals surface area contributed by atoms with Crippen LogP contribution in [0.15, 0.2) is 12.3 Å². The van der Waals surface area contributed by atoms with Crippen LogP contribution in [0.5, 0.6) is 0 Å². The minimum absolute atomic E-state index is 0.207. The number of alkyl halides is 2. The summed E-state index contributed by atoms with van der Waals surface area (Å²) in [6, 6.07) is 1.57. The molecular weight excluding hydrogens is 300 g/mol. The molecule has 0 saturated carbocycles. The Kier molecular flexibility index (Phi) is 6.09. The standard InChI is InChI=1S/C11H14ClF2NO3S/c1-8-4-10(12)15-5-9(8)7-19(16,17)3-2-18-6-11(13)14/h4-5,11H,2-3,6-7H2,1H3. The number of sulfone groups is 1. The first-order valence-corrected chi connectivity index (χ1v) is 7.67. The molecule has 1 aromatic heterocycles. The van der Waals surface area contributed by atoms with E-state index in [0.717, 1.165) is 5.56 Å². The predicted octanol–water partition coefficient (Wildman–Crippen LogP) is 2.24. The molecule has 1 rings (SSSR count). The van der Waals surface area contributed by atoms with Crippen molar-refractivity contribution < 1.29 is 21.9 Å². The number of rotatable bonds is 7. The van der Waals surface area contributed by atoms with Crippen molar-refractivity contribution in [3.63, 3.8) is 0 Å². The molecule has 0 unspecified atom stereocenters. The fourth-order valence-electron chi connectivity index (χ4n) is 1.37. The van der Waals surface area contributed by atoms with Crippen molar-refractivity contribution in [3.8, 4) is 0 Å². The van der Waals surface area contributed by atoms with E-state index in [2.05, 4.69) is 9.72 Å². The first-order chi connectivity index (χ1) is 8.80. The lowest BCUT2D eigenvalue weighted by Crippen LogP contribution is -2.17. The fraction of sp³-hybridized carbons (Fsp3) is 0.545. The second kappa shape index (κ2) is 7.12. The van der Waals surface area contributed by atoms with Gasteiger partial charge in [0.1, 0.15) is 11.8 Å². The highest BCUT2D eigenvalue weighted by atomic mass is 35.5. The van der Waals surface area contributed by atoms with Gasteiger partial charge in [0, 0.05) is 6.20 Å². The molecule has 0 aliphatic rings. The van der Waals surface area contributed by atoms with Gasteiger partial charge in [-0.25, -0.2) is 22.2 Å². The Morgan fingerprint density at radius 1 is 1.47 bits per heavy atom. The first-order valence-electron chi connectivity index (χ1n) is 5.47. The molecule has 0 bridgehead atoms. The van der Waals surface area contributed by atoms with Gasteiger partial charge in [-0.3, -0.25) is 0 Å². The summed E-state index contributed by atoms with van der Waals surface area (Å²) in [4.78, 5) is 3.81. The summed E-state index contributed by atoms with van der Waals surface area (Å²) < 4.78 is 51.7. The molecule has 0 aliphatic carbocycles. The van der Waals surface area contributed by atoms with Crippen LogP contribution in [0, 0.1) is 6.92 Å². The number of aryl methyl sites for hydroxylation is 1. The van der Waals surface area contributed by atoms with Crippen LogP contribution < -0.4 is 0 Å². The Morgan fingerprint density at radius 3 is 2.74 bits per heavy atom. The molecule has 0 fully saturated rings. The third-order valence-corrected chi connectivity index (χ3v) is 4.09. The van der Waals surface area contributed by atoms with Gasteiger partial charge >= 0.3 is 0 Å². The number of halogens is 3. The SMILES string of the molecule is Cc1cc(Cl)ncc1CS(=O)(=O)CCOCC(F)F. The van der Waals surface area contributed by atoms with Gasteiger partial charge in [-0.05, 0) is 24.1 Å². The summed E-state index contributed by atoms with van der Waals surface area (Å²) in [5.41, 5.74) is 1.26. The van der Waals surface area contributed by atoms with Gasteiger partial charge in [-0.1, -0.05) is 11.6 Å². The zero-order chi connectivity index (χ0) is 14.5. The van der Waals surface area contributed by atoms with Crippen LogP contribution in [0.2, 0.25) is 5.15 Å². The van der Waals surface area contributed by atoms with E-state index >= 15 is 0 Å². The first kappa shape index (κ1) is 16.3. The Morgan fingerprint density at radius 2 is 2.16 bits per heavy atom. The van der Waals surface area contributed by atoms with Crippen LogP contribution in [0.1, 0.15) is 11.1 Å². The van der Waals surface area contributed by atoms with Gasteiger partial charge in [0.05, 0.1) is 18.1 Å². The van der Waals surface area contributed by atoms with E-state index in [-0.39, 0.29) is 18.1 Å². The molecule has 0 N–H and O–H groups in total. The minimum Gasteiger partial charge on any atom is -0.374 e. The summed E-state index contributed by atoms with van der Waals surface area (Å²) in [5.74, 6) is -0.511. The van der Waals surface area contributed by atoms with E-state index in [1.165, 1.54) is 6.20 Å². The molecule has 4 nitrogen and oxygen atoms in total. The van der Waals surface area contributed by atoms with Gasteiger partial charge in [0.2, 0.25) is 0 Å². The van der Waals surface area contributed by atoms with Crippen LogP contribution in [0.25, 0.3) is 0 Å². The third kappa shape index (κ3) is 6.26. The number of nitrogens with zero attached hydrogens (tertiary/aromatic N) is 1. The minimum atomic E-state index is -3.42. The zero-order valence-corrected chi connectivity index (χ0v) is 11.8. The molecule has 0 saturated heterocycles. The van der Waals surface area contributed by atoms with Crippen LogP contribution in [-0.4, -0.2) is 38.8 Å². The normalized spacial score (nSPS) is 12.1. The maximum Gasteiger partial charge on any atom is 0.261 e. The number of hydrogen-bond acceptors (Lipinski definition) is 4. The monoisotopic (exact) mass is 313 g/mol. The molecule has 19 heavy (non-hydrogen) atoms. The zero-order valence-electron chi connectivity index (χ0n) is 10.3. The van der Waals surface area contributed by atoms with E-state index in [4.69, 9.17) is 11.6 Å². The van der Waals surface area contributed by atoms with Crippen molar-refractivity contribution in [1.29, 1.82) is 0 Å². The van der Waals surface area contributed by atoms with E-state index in [1.807, 2.05) is 0 Å². The Hall–Kier alpha value is -0.790. The number of hydrogen-bond donors (Lipinski definition) is 0. The summed E-state index contributed by atoms with van der Waals surface area (Å²) >= 11 is 5.67. The largest absolute Gasteiger partial charge is 0.374 e. The van der Waals surface area contributed by atoms with Gasteiger partial charge in [-0.15, -0.1) is 0 Å². The molecule has 8 heteroatoms. The third-order valence-electron chi connectivity index (χ3n) is 2.34. The highest BCUT2D eigenvalue weighted by Gasteiger charge is 2.14. The molecule has 0 amide bonds. The Bertz CT molecular complexity index is 523. The highest BCUT2D eigenvalue weighted by Crippen LogP contribution is 2.15. The Balaban J connectivity index is 2.54. The van der Waals surface area contributed by atoms with Crippen molar-refractivity contribution >= 4 is 21.4 Å². The number of ether oxygens (including phenoxy) is 1. The van der Waals surface area contributed by atoms with Crippen molar-refractivity contribution in [2.45, 2.75) is 19.1 Å². The fourth-order valence-corrected chi connectivity index (χ4v) is 2.87. The van der Waals surface area contributed by atoms with E-state index in [0.29, 0.717) is 10.7 Å². The lowest BCUT2D eigenvalue weighted by Gasteiger charge is -2.08. The molecule has 0 atom stereocenters. The van der Waals surface area contributed by atoms with Crippen molar-refractivity contribution in [1.82, 2.24) is 4.98 Å². The number of pyridine rings is 1. The number of aromatic nitrogens is 1. The van der Waals surface area contributed by atoms with Gasteiger partial charge in [0.25, 0.3) is 6.43 Å². The van der Waals surface area contributed by atoms with Gasteiger partial charge in [-0.2, -0.15) is 0 Å². The molecular formula is C11H14ClF2NO3S. The second-order valence-electron chi connectivity index (χ2n) is 3.99. The predicted molar refractivity (Wildman–Crippen MR) is 68.3 cm³/mol. The lowest BCUT2D eigenvalue weighted by atomic mass is 10.2. The quantitative estimate of drug-likeness (QED) is 0.572. The highest BCUT2D eigenvalue weighted by molar-refractivity contribution is 7.90. The summed E-state index contributed by atoms with van der Waals surface area (Å²) in [6.07, 6.45) is -1.19. The molecule has 0 spiro atoms. The molecule has 0 aliphatic heterocycles. The van der Waals surface area contributed by atoms with Crippen molar-refractivity contribution in [2.24, 2.45) is 0 Å². The smallest absolute Gasteiger partial charge is 0.261 e. The van der Waals surface area contributed by atoms with Crippen LogP contribution in [-0.2, 0) is 20.3 Å². The average Bonchev–Trinajstić information content (AvgIpc) is 2.28. The molecule has 1 aromatic rings. The molecule has 108 valence electrons. The van der Waals surface area contributed by atoms with E-state index < -0.39 is 22.9 Å². The van der Waals surface area contributed by atoms with Crippen molar-refractivity contribution in [3.05, 3.63) is 28.5 Å². The van der Waals surface area contributed by atoms with E-state index in [9.17, 15) is 17.2 Å². The van der Waals surface area contributed by atoms with Crippen molar-refractivity contribution in [2.75, 3.05) is 19.0 Å². The van der Waals surface area contributed by atoms with Crippen LogP contribution >= 0.6 is 11.6 Å². The summed E-state index contributed by atoms with van der Waals surface area (Å²) in [6.45, 7) is 0.732. The van der Waals surface area contributed by atoms with Gasteiger partial charge < -0.3 is 4.74 Å². The van der Waals surface area contributed by atoms with Crippen LogP contribution in [0.4, 0.5) is 8.78 Å². The maximum atomic E-state index is 11.8. The van der Waals surface area contributed by atoms with Crippen LogP contribution in [0.3, 0.4) is 0 Å². The second-order valence-corrected chi connectivity index (χ2v) is 6.56. The Labute approximate surface area is 115 Å². The van der Waals surface area contributed by atoms with E-state index in [1.54, 1.807) is 13.0 Å². The topological polar surface area (TPSA) is 56.3 Å². The molecule has 1 heterocycles.